The number of rotatable bonds is 35. The van der Waals surface area contributed by atoms with E-state index in [0.717, 1.165) is 51.4 Å². The molecule has 0 aliphatic heterocycles. The lowest BCUT2D eigenvalue weighted by atomic mass is 10.0. The van der Waals surface area contributed by atoms with Gasteiger partial charge < -0.3 is 15.5 Å². The van der Waals surface area contributed by atoms with E-state index >= 15 is 0 Å². The Balaban J connectivity index is 4.06. The first-order valence-electron chi connectivity index (χ1n) is 19.9. The molecule has 3 atom stereocenters. The van der Waals surface area contributed by atoms with Crippen LogP contribution in [0.15, 0.2) is 48.6 Å². The summed E-state index contributed by atoms with van der Waals surface area (Å²) < 4.78 is 32.4. The molecule has 0 aromatic heterocycles. The standard InChI is InChI=1S/C41H75NO6S/c1-3-5-7-9-11-13-15-17-18-19-20-21-22-23-24-26-28-30-32-34-36-40(44)41(45)42-38(37-49(46,47)48)39(43)35-33-31-29-27-25-16-14-12-10-8-6-4-2/h10,12,21-22,25,27,33,35,38-40,43-44H,3-9,11,13-20,23-24,26,28-32,34,36-37H2,1-2H3,(H,42,45)(H,46,47,48)/b12-10+,22-21-,27-25+,35-33+. The second kappa shape index (κ2) is 34.7. The third-order valence-electron chi connectivity index (χ3n) is 8.81. The molecule has 0 rings (SSSR count). The summed E-state index contributed by atoms with van der Waals surface area (Å²) in [7, 11) is -4.45. The number of nitrogens with one attached hydrogen (secondary N) is 1. The lowest BCUT2D eigenvalue weighted by Gasteiger charge is -2.22. The molecule has 0 saturated heterocycles. The molecule has 8 heteroatoms. The molecule has 0 aliphatic rings. The predicted molar refractivity (Wildman–Crippen MR) is 208 cm³/mol. The average Bonchev–Trinajstić information content (AvgIpc) is 3.06. The highest BCUT2D eigenvalue weighted by atomic mass is 32.2. The fraction of sp³-hybridized carbons (Fsp3) is 0.780. The van der Waals surface area contributed by atoms with Crippen LogP contribution in [0.2, 0.25) is 0 Å². The second-order valence-electron chi connectivity index (χ2n) is 13.7. The zero-order valence-corrected chi connectivity index (χ0v) is 32.2. The molecule has 1 amide bonds. The van der Waals surface area contributed by atoms with Gasteiger partial charge in [0.1, 0.15) is 6.10 Å². The molecule has 0 aromatic rings. The maximum Gasteiger partial charge on any atom is 0.267 e. The fourth-order valence-corrected chi connectivity index (χ4v) is 6.44. The quantitative estimate of drug-likeness (QED) is 0.0295. The molecule has 0 fully saturated rings. The van der Waals surface area contributed by atoms with Gasteiger partial charge in [0.2, 0.25) is 5.91 Å². The van der Waals surface area contributed by atoms with Crippen molar-refractivity contribution in [2.45, 2.75) is 199 Å². The van der Waals surface area contributed by atoms with Gasteiger partial charge in [-0.05, 0) is 64.2 Å². The minimum atomic E-state index is -4.45. The summed E-state index contributed by atoms with van der Waals surface area (Å²) in [4.78, 5) is 12.6. The zero-order valence-electron chi connectivity index (χ0n) is 31.4. The van der Waals surface area contributed by atoms with E-state index in [1.807, 2.05) is 0 Å². The topological polar surface area (TPSA) is 124 Å². The third-order valence-corrected chi connectivity index (χ3v) is 9.59. The van der Waals surface area contributed by atoms with E-state index < -0.39 is 40.0 Å². The molecule has 0 bridgehead atoms. The van der Waals surface area contributed by atoms with Crippen molar-refractivity contribution in [2.75, 3.05) is 5.75 Å². The number of hydrogen-bond acceptors (Lipinski definition) is 5. The SMILES string of the molecule is CCCC/C=C/CC/C=C/CC/C=C/C(O)C(CS(=O)(=O)O)NC(=O)C(O)CCCCCCCC/C=C\CCCCCCCCCCCC. The molecular weight excluding hydrogens is 635 g/mol. The zero-order chi connectivity index (χ0) is 36.3. The van der Waals surface area contributed by atoms with Crippen LogP contribution in [-0.4, -0.2) is 53.1 Å². The van der Waals surface area contributed by atoms with E-state index in [1.54, 1.807) is 6.08 Å². The van der Waals surface area contributed by atoms with Gasteiger partial charge in [0, 0.05) is 0 Å². The van der Waals surface area contributed by atoms with Gasteiger partial charge in [-0.3, -0.25) is 9.35 Å². The smallest absolute Gasteiger partial charge is 0.267 e. The van der Waals surface area contributed by atoms with Gasteiger partial charge >= 0.3 is 0 Å². The number of carbonyl (C=O) groups excluding carboxylic acids is 1. The van der Waals surface area contributed by atoms with Crippen LogP contribution in [0.5, 0.6) is 0 Å². The molecule has 0 aromatic carbocycles. The Labute approximate surface area is 302 Å². The number of hydrogen-bond donors (Lipinski definition) is 4. The Kier molecular flexibility index (Phi) is 33.5. The summed E-state index contributed by atoms with van der Waals surface area (Å²) >= 11 is 0. The van der Waals surface area contributed by atoms with E-state index in [4.69, 9.17) is 0 Å². The monoisotopic (exact) mass is 710 g/mol. The van der Waals surface area contributed by atoms with Crippen LogP contribution in [0.25, 0.3) is 0 Å². The Morgan fingerprint density at radius 1 is 0.551 bits per heavy atom. The number of amides is 1. The lowest BCUT2D eigenvalue weighted by molar-refractivity contribution is -0.130. The molecule has 7 nitrogen and oxygen atoms in total. The van der Waals surface area contributed by atoms with Gasteiger partial charge in [-0.1, -0.05) is 165 Å². The molecular formula is C41H75NO6S. The molecule has 0 radical (unpaired) electrons. The number of aliphatic hydroxyl groups excluding tert-OH is 2. The summed E-state index contributed by atoms with van der Waals surface area (Å²) in [5, 5.41) is 23.3. The van der Waals surface area contributed by atoms with Crippen LogP contribution in [-0.2, 0) is 14.9 Å². The van der Waals surface area contributed by atoms with Gasteiger partial charge in [0.05, 0.1) is 17.9 Å². The lowest BCUT2D eigenvalue weighted by Crippen LogP contribution is -2.50. The van der Waals surface area contributed by atoms with E-state index in [0.29, 0.717) is 12.8 Å². The first kappa shape index (κ1) is 47.3. The van der Waals surface area contributed by atoms with Crippen molar-refractivity contribution in [3.8, 4) is 0 Å². The van der Waals surface area contributed by atoms with Gasteiger partial charge in [-0.25, -0.2) is 0 Å². The van der Waals surface area contributed by atoms with Crippen LogP contribution in [0, 0.1) is 0 Å². The normalized spacial score (nSPS) is 14.5. The Hall–Kier alpha value is -1.74. The summed E-state index contributed by atoms with van der Waals surface area (Å²) in [6, 6.07) is -1.26. The summed E-state index contributed by atoms with van der Waals surface area (Å²) in [6.07, 6.45) is 43.2. The average molecular weight is 710 g/mol. The molecule has 0 saturated carbocycles. The minimum Gasteiger partial charge on any atom is -0.387 e. The molecule has 0 aliphatic carbocycles. The Morgan fingerprint density at radius 3 is 1.41 bits per heavy atom. The van der Waals surface area contributed by atoms with Gasteiger partial charge in [0.25, 0.3) is 10.1 Å². The maximum absolute atomic E-state index is 12.6. The van der Waals surface area contributed by atoms with E-state index in [2.05, 4.69) is 55.6 Å². The first-order valence-corrected chi connectivity index (χ1v) is 21.6. The van der Waals surface area contributed by atoms with Crippen molar-refractivity contribution in [3.63, 3.8) is 0 Å². The highest BCUT2D eigenvalue weighted by molar-refractivity contribution is 7.85. The van der Waals surface area contributed by atoms with Gasteiger partial charge in [-0.15, -0.1) is 0 Å². The highest BCUT2D eigenvalue weighted by Gasteiger charge is 2.27. The van der Waals surface area contributed by atoms with E-state index in [-0.39, 0.29) is 6.42 Å². The van der Waals surface area contributed by atoms with Crippen molar-refractivity contribution in [1.82, 2.24) is 5.32 Å². The Bertz CT molecular complexity index is 974. The van der Waals surface area contributed by atoms with Crippen molar-refractivity contribution < 1.29 is 28.0 Å². The minimum absolute atomic E-state index is 0.263. The predicted octanol–water partition coefficient (Wildman–Crippen LogP) is 10.5. The van der Waals surface area contributed by atoms with Crippen molar-refractivity contribution >= 4 is 16.0 Å². The third kappa shape index (κ3) is 34.5. The van der Waals surface area contributed by atoms with Gasteiger partial charge in [-0.2, -0.15) is 8.42 Å². The van der Waals surface area contributed by atoms with Crippen molar-refractivity contribution in [3.05, 3.63) is 48.6 Å². The largest absolute Gasteiger partial charge is 0.387 e. The maximum atomic E-state index is 12.6. The molecule has 4 N–H and O–H groups in total. The number of carbonyl (C=O) groups is 1. The van der Waals surface area contributed by atoms with Gasteiger partial charge in [0.15, 0.2) is 0 Å². The summed E-state index contributed by atoms with van der Waals surface area (Å²) in [6.45, 7) is 4.45. The molecule has 0 spiro atoms. The molecule has 0 heterocycles. The Morgan fingerprint density at radius 2 is 0.939 bits per heavy atom. The van der Waals surface area contributed by atoms with Crippen LogP contribution in [0.3, 0.4) is 0 Å². The fourth-order valence-electron chi connectivity index (χ4n) is 5.70. The second-order valence-corrected chi connectivity index (χ2v) is 15.2. The van der Waals surface area contributed by atoms with Crippen molar-refractivity contribution in [1.29, 1.82) is 0 Å². The summed E-state index contributed by atoms with van der Waals surface area (Å²) in [5.74, 6) is -1.57. The molecule has 286 valence electrons. The number of allylic oxidation sites excluding steroid dienone is 7. The first-order chi connectivity index (χ1) is 23.7. The molecule has 49 heavy (non-hydrogen) atoms. The number of unbranched alkanes of at least 4 members (excludes halogenated alkanes) is 20. The van der Waals surface area contributed by atoms with Crippen molar-refractivity contribution in [2.24, 2.45) is 0 Å². The highest BCUT2D eigenvalue weighted by Crippen LogP contribution is 2.13. The molecule has 3 unspecified atom stereocenters. The van der Waals surface area contributed by atoms with Crippen LogP contribution in [0.4, 0.5) is 0 Å². The summed E-state index contributed by atoms with van der Waals surface area (Å²) in [5.41, 5.74) is 0. The van der Waals surface area contributed by atoms with E-state index in [9.17, 15) is 28.0 Å². The van der Waals surface area contributed by atoms with E-state index in [1.165, 1.54) is 102 Å². The van der Waals surface area contributed by atoms with Crippen LogP contribution in [0.1, 0.15) is 181 Å². The van der Waals surface area contributed by atoms with Crippen LogP contribution < -0.4 is 5.32 Å². The number of aliphatic hydroxyl groups is 2. The van der Waals surface area contributed by atoms with Crippen LogP contribution >= 0.6 is 0 Å².